The Labute approximate surface area is 265 Å². The quantitative estimate of drug-likeness (QED) is 0.171. The van der Waals surface area contributed by atoms with Crippen molar-refractivity contribution in [2.75, 3.05) is 19.0 Å². The second kappa shape index (κ2) is 12.9. The average molecular weight is 654 g/mol. The van der Waals surface area contributed by atoms with E-state index >= 15 is 4.39 Å². The van der Waals surface area contributed by atoms with Gasteiger partial charge in [-0.05, 0) is 43.5 Å². The Kier molecular flexibility index (Phi) is 8.80. The van der Waals surface area contributed by atoms with E-state index in [-0.39, 0.29) is 23.9 Å². The van der Waals surface area contributed by atoms with Crippen LogP contribution in [0.1, 0.15) is 38.2 Å². The molecule has 1 aliphatic carbocycles. The molecule has 0 radical (unpaired) electrons. The van der Waals surface area contributed by atoms with Gasteiger partial charge < -0.3 is 18.9 Å². The lowest BCUT2D eigenvalue weighted by Crippen LogP contribution is -2.45. The highest BCUT2D eigenvalue weighted by Gasteiger charge is 2.45. The van der Waals surface area contributed by atoms with E-state index in [0.29, 0.717) is 33.1 Å². The topological polar surface area (TPSA) is 118 Å². The fraction of sp³-hybridized carbons (Fsp3) is 0.344. The second-order valence-corrected chi connectivity index (χ2v) is 12.0. The molecule has 0 bridgehead atoms. The minimum atomic E-state index is -3.08. The number of aromatic nitrogens is 4. The van der Waals surface area contributed by atoms with Crippen molar-refractivity contribution in [2.45, 2.75) is 57.7 Å². The van der Waals surface area contributed by atoms with Crippen LogP contribution in [-0.4, -0.2) is 57.9 Å². The maximum atomic E-state index is 15.3. The molecule has 0 spiro atoms. The number of halogens is 3. The standard InChI is InChI=1S/C32H30F3N5O5S/c1-4-7-43-30-37-14-19(15-38-30)39-31(41)45-24-5-6-32(34,35)13-26(24)44-25-12-27-23(11-22(25)33)40-29(46-27)21-9-17(2)8-18-10-20(42-3)16-36-28(18)21/h8-12,14-16,24,26H,4-7,13H2,1-3H3,(H,39,41)/t24-,26+/m1/s1. The smallest absolute Gasteiger partial charge is 0.412 e. The number of fused-ring (bicyclic) bond motifs is 2. The molecular weight excluding hydrogens is 623 g/mol. The first-order valence-electron chi connectivity index (χ1n) is 14.6. The summed E-state index contributed by atoms with van der Waals surface area (Å²) in [4.78, 5) is 29.9. The zero-order valence-corrected chi connectivity index (χ0v) is 26.0. The van der Waals surface area contributed by atoms with E-state index in [2.05, 4.69) is 25.3 Å². The molecule has 10 nitrogen and oxygen atoms in total. The Morgan fingerprint density at radius 2 is 1.89 bits per heavy atom. The number of carbonyl (C=O) groups excluding carboxylic acids is 1. The van der Waals surface area contributed by atoms with Gasteiger partial charge in [-0.2, -0.15) is 0 Å². The largest absolute Gasteiger partial charge is 0.495 e. The molecule has 3 heterocycles. The molecule has 3 aromatic heterocycles. The van der Waals surface area contributed by atoms with Gasteiger partial charge in [0.15, 0.2) is 11.6 Å². The summed E-state index contributed by atoms with van der Waals surface area (Å²) in [5, 5.41) is 3.95. The summed E-state index contributed by atoms with van der Waals surface area (Å²) in [6.07, 6.45) is 0.330. The van der Waals surface area contributed by atoms with Crippen LogP contribution in [0.25, 0.3) is 31.7 Å². The summed E-state index contributed by atoms with van der Waals surface area (Å²) in [5.74, 6) is -3.48. The van der Waals surface area contributed by atoms with Crippen LogP contribution in [0.15, 0.2) is 48.9 Å². The van der Waals surface area contributed by atoms with Crippen molar-refractivity contribution in [1.82, 2.24) is 19.9 Å². The number of ether oxygens (including phenoxy) is 4. The Hall–Kier alpha value is -4.72. The van der Waals surface area contributed by atoms with Crippen LogP contribution in [0.5, 0.6) is 17.5 Å². The lowest BCUT2D eigenvalue weighted by atomic mass is 9.91. The number of hydrogen-bond donors (Lipinski definition) is 1. The first kappa shape index (κ1) is 31.3. The molecule has 6 rings (SSSR count). The molecule has 1 N–H and O–H groups in total. The predicted molar refractivity (Wildman–Crippen MR) is 167 cm³/mol. The van der Waals surface area contributed by atoms with E-state index in [0.717, 1.165) is 22.9 Å². The van der Waals surface area contributed by atoms with Crippen molar-refractivity contribution in [3.63, 3.8) is 0 Å². The number of rotatable bonds is 9. The normalized spacial score (nSPS) is 17.5. The molecule has 0 saturated heterocycles. The van der Waals surface area contributed by atoms with Crippen molar-refractivity contribution >= 4 is 44.2 Å². The number of aryl methyl sites for hydroxylation is 1. The van der Waals surface area contributed by atoms with Crippen molar-refractivity contribution in [1.29, 1.82) is 0 Å². The van der Waals surface area contributed by atoms with Gasteiger partial charge in [0, 0.05) is 29.5 Å². The predicted octanol–water partition coefficient (Wildman–Crippen LogP) is 7.73. The molecule has 46 heavy (non-hydrogen) atoms. The zero-order chi connectivity index (χ0) is 32.4. The fourth-order valence-electron chi connectivity index (χ4n) is 5.21. The van der Waals surface area contributed by atoms with Crippen LogP contribution in [0.4, 0.5) is 23.7 Å². The van der Waals surface area contributed by atoms with Crippen LogP contribution in [0, 0.1) is 12.7 Å². The number of benzene rings is 2. The van der Waals surface area contributed by atoms with Gasteiger partial charge in [-0.15, -0.1) is 11.3 Å². The lowest BCUT2D eigenvalue weighted by molar-refractivity contribution is -0.114. The molecule has 1 amide bonds. The summed E-state index contributed by atoms with van der Waals surface area (Å²) in [7, 11) is 1.57. The van der Waals surface area contributed by atoms with Crippen LogP contribution in [0.3, 0.4) is 0 Å². The van der Waals surface area contributed by atoms with Gasteiger partial charge in [-0.1, -0.05) is 6.92 Å². The number of amides is 1. The third kappa shape index (κ3) is 6.91. The Bertz CT molecular complexity index is 1890. The van der Waals surface area contributed by atoms with Gasteiger partial charge in [-0.25, -0.2) is 32.9 Å². The number of methoxy groups -OCH3 is 1. The van der Waals surface area contributed by atoms with E-state index in [1.165, 1.54) is 35.9 Å². The molecule has 0 unspecified atom stereocenters. The summed E-state index contributed by atoms with van der Waals surface area (Å²) < 4.78 is 66.9. The number of hydrogen-bond acceptors (Lipinski definition) is 10. The first-order chi connectivity index (χ1) is 22.1. The number of alkyl halides is 2. The SMILES string of the molecule is CCCOc1ncc(NC(=O)O[C@@H]2CCC(F)(F)C[C@@H]2Oc2cc3sc(-c4cc(C)cc5cc(OC)cnc45)nc3cc2F)cn1. The maximum Gasteiger partial charge on any atom is 0.412 e. The molecule has 1 aliphatic rings. The van der Waals surface area contributed by atoms with Crippen LogP contribution < -0.4 is 19.5 Å². The van der Waals surface area contributed by atoms with Crippen molar-refractivity contribution in [2.24, 2.45) is 0 Å². The highest BCUT2D eigenvalue weighted by Crippen LogP contribution is 2.40. The molecule has 2 aromatic carbocycles. The van der Waals surface area contributed by atoms with Crippen molar-refractivity contribution in [3.8, 4) is 28.1 Å². The van der Waals surface area contributed by atoms with E-state index in [9.17, 15) is 13.6 Å². The second-order valence-electron chi connectivity index (χ2n) is 11.0. The number of carbonyl (C=O) groups is 1. The Balaban J connectivity index is 1.22. The third-order valence-electron chi connectivity index (χ3n) is 7.37. The summed E-state index contributed by atoms with van der Waals surface area (Å²) in [6, 6.07) is 8.61. The summed E-state index contributed by atoms with van der Waals surface area (Å²) in [5.41, 5.74) is 3.05. The number of pyridine rings is 1. The van der Waals surface area contributed by atoms with Gasteiger partial charge in [0.25, 0.3) is 5.92 Å². The van der Waals surface area contributed by atoms with Gasteiger partial charge >= 0.3 is 12.1 Å². The molecule has 240 valence electrons. The molecule has 0 aliphatic heterocycles. The highest BCUT2D eigenvalue weighted by atomic mass is 32.1. The van der Waals surface area contributed by atoms with Crippen molar-refractivity contribution in [3.05, 3.63) is 60.3 Å². The molecular formula is C32H30F3N5O5S. The highest BCUT2D eigenvalue weighted by molar-refractivity contribution is 7.21. The molecule has 2 atom stereocenters. The zero-order valence-electron chi connectivity index (χ0n) is 25.2. The van der Waals surface area contributed by atoms with Gasteiger partial charge in [0.05, 0.1) is 60.1 Å². The minimum Gasteiger partial charge on any atom is -0.495 e. The summed E-state index contributed by atoms with van der Waals surface area (Å²) >= 11 is 1.29. The maximum absolute atomic E-state index is 15.3. The number of nitrogens with one attached hydrogen (secondary N) is 1. The molecule has 5 aromatic rings. The van der Waals surface area contributed by atoms with Crippen molar-refractivity contribution < 1.29 is 36.9 Å². The van der Waals surface area contributed by atoms with Crippen LogP contribution in [-0.2, 0) is 4.74 Å². The van der Waals surface area contributed by atoms with Gasteiger partial charge in [0.2, 0.25) is 0 Å². The van der Waals surface area contributed by atoms with E-state index in [1.807, 2.05) is 32.0 Å². The fourth-order valence-corrected chi connectivity index (χ4v) is 6.20. The van der Waals surface area contributed by atoms with Gasteiger partial charge in [-0.3, -0.25) is 10.3 Å². The van der Waals surface area contributed by atoms with E-state index < -0.39 is 42.9 Å². The third-order valence-corrected chi connectivity index (χ3v) is 8.42. The van der Waals surface area contributed by atoms with Crippen LogP contribution >= 0.6 is 11.3 Å². The monoisotopic (exact) mass is 653 g/mol. The molecule has 1 saturated carbocycles. The van der Waals surface area contributed by atoms with E-state index in [1.54, 1.807) is 13.3 Å². The lowest BCUT2D eigenvalue weighted by Gasteiger charge is -2.35. The number of nitrogens with zero attached hydrogens (tertiary/aromatic N) is 4. The Morgan fingerprint density at radius 3 is 2.65 bits per heavy atom. The van der Waals surface area contributed by atoms with Crippen LogP contribution in [0.2, 0.25) is 0 Å². The average Bonchev–Trinajstić information content (AvgIpc) is 3.43. The first-order valence-corrected chi connectivity index (χ1v) is 15.4. The number of anilines is 1. The molecule has 1 fully saturated rings. The van der Waals surface area contributed by atoms with E-state index in [4.69, 9.17) is 18.9 Å². The summed E-state index contributed by atoms with van der Waals surface area (Å²) in [6.45, 7) is 4.33. The Morgan fingerprint density at radius 1 is 1.09 bits per heavy atom. The minimum absolute atomic E-state index is 0.153. The van der Waals surface area contributed by atoms with Gasteiger partial charge in [0.1, 0.15) is 23.0 Å². The molecule has 14 heteroatoms. The number of thiazole rings is 1.